The van der Waals surface area contributed by atoms with Crippen LogP contribution in [-0.4, -0.2) is 52.9 Å². The molecule has 1 aliphatic rings. The third kappa shape index (κ3) is 3.45. The third-order valence-electron chi connectivity index (χ3n) is 3.23. The number of amides is 2. The van der Waals surface area contributed by atoms with Gasteiger partial charge in [0.15, 0.2) is 0 Å². The van der Waals surface area contributed by atoms with E-state index < -0.39 is 24.1 Å². The number of β-amino-alcohol motifs (C(OH)–C–C–N with tert-alkyl or cyclic N) is 1. The summed E-state index contributed by atoms with van der Waals surface area (Å²) in [6.07, 6.45) is -0.789. The van der Waals surface area contributed by atoms with E-state index >= 15 is 0 Å². The van der Waals surface area contributed by atoms with Gasteiger partial charge in [0.2, 0.25) is 0 Å². The molecule has 0 aliphatic carbocycles. The Morgan fingerprint density at radius 2 is 2.19 bits per heavy atom. The topological polar surface area (TPSA) is 99.1 Å². The number of carbonyl (C=O) groups is 2. The van der Waals surface area contributed by atoms with Crippen molar-refractivity contribution in [2.75, 3.05) is 19.0 Å². The quantitative estimate of drug-likeness (QED) is 0.760. The number of aliphatic hydroxyl groups excluding tert-OH is 1. The molecule has 1 fully saturated rings. The van der Waals surface area contributed by atoms with Crippen LogP contribution in [0.15, 0.2) is 22.7 Å². The van der Waals surface area contributed by atoms with Gasteiger partial charge in [0.25, 0.3) is 0 Å². The SMILES string of the molecule is COc1cc(NC(=O)N2CC(O)CC2C(=O)O)ccc1Br. The molecule has 2 rings (SSSR count). The number of carbonyl (C=O) groups excluding carboxylic acids is 1. The molecule has 0 bridgehead atoms. The van der Waals surface area contributed by atoms with Crippen molar-refractivity contribution in [3.05, 3.63) is 22.7 Å². The van der Waals surface area contributed by atoms with E-state index in [0.717, 1.165) is 9.37 Å². The number of likely N-dealkylation sites (tertiary alicyclic amines) is 1. The van der Waals surface area contributed by atoms with E-state index in [1.807, 2.05) is 0 Å². The van der Waals surface area contributed by atoms with Crippen molar-refractivity contribution in [3.8, 4) is 5.75 Å². The highest BCUT2D eigenvalue weighted by Gasteiger charge is 2.39. The Balaban J connectivity index is 2.12. The number of aliphatic carboxylic acids is 1. The lowest BCUT2D eigenvalue weighted by molar-refractivity contribution is -0.141. The normalized spacial score (nSPS) is 21.2. The van der Waals surface area contributed by atoms with Gasteiger partial charge in [-0.2, -0.15) is 0 Å². The molecule has 2 amide bonds. The second-order valence-electron chi connectivity index (χ2n) is 4.68. The Bertz CT molecular complexity index is 565. The van der Waals surface area contributed by atoms with Gasteiger partial charge in [-0.25, -0.2) is 9.59 Å². The fourth-order valence-corrected chi connectivity index (χ4v) is 2.61. The highest BCUT2D eigenvalue weighted by molar-refractivity contribution is 9.10. The number of urea groups is 1. The number of nitrogens with zero attached hydrogens (tertiary/aromatic N) is 1. The van der Waals surface area contributed by atoms with Gasteiger partial charge < -0.3 is 25.2 Å². The van der Waals surface area contributed by atoms with E-state index in [-0.39, 0.29) is 13.0 Å². The van der Waals surface area contributed by atoms with Crippen molar-refractivity contribution in [1.29, 1.82) is 0 Å². The van der Waals surface area contributed by atoms with Crippen LogP contribution < -0.4 is 10.1 Å². The second kappa shape index (κ2) is 6.31. The molecular weight excluding hydrogens is 344 g/mol. The minimum atomic E-state index is -1.13. The van der Waals surface area contributed by atoms with Gasteiger partial charge in [-0.15, -0.1) is 0 Å². The fraction of sp³-hybridized carbons (Fsp3) is 0.385. The number of ether oxygens (including phenoxy) is 1. The van der Waals surface area contributed by atoms with Gasteiger partial charge in [-0.3, -0.25) is 0 Å². The second-order valence-corrected chi connectivity index (χ2v) is 5.53. The number of methoxy groups -OCH3 is 1. The summed E-state index contributed by atoms with van der Waals surface area (Å²) in [5.74, 6) is -0.584. The van der Waals surface area contributed by atoms with Crippen LogP contribution in [-0.2, 0) is 4.79 Å². The smallest absolute Gasteiger partial charge is 0.326 e. The van der Waals surface area contributed by atoms with E-state index in [2.05, 4.69) is 21.2 Å². The molecule has 7 nitrogen and oxygen atoms in total. The third-order valence-corrected chi connectivity index (χ3v) is 3.88. The molecule has 1 aromatic carbocycles. The van der Waals surface area contributed by atoms with Crippen LogP contribution in [0.1, 0.15) is 6.42 Å². The number of anilines is 1. The number of benzene rings is 1. The van der Waals surface area contributed by atoms with Crippen LogP contribution in [0.3, 0.4) is 0 Å². The van der Waals surface area contributed by atoms with Crippen LogP contribution in [0.25, 0.3) is 0 Å². The Morgan fingerprint density at radius 1 is 1.48 bits per heavy atom. The minimum Gasteiger partial charge on any atom is -0.495 e. The van der Waals surface area contributed by atoms with Crippen LogP contribution in [0.4, 0.5) is 10.5 Å². The molecule has 0 spiro atoms. The molecule has 114 valence electrons. The molecule has 0 radical (unpaired) electrons. The summed E-state index contributed by atoms with van der Waals surface area (Å²) in [4.78, 5) is 24.4. The monoisotopic (exact) mass is 358 g/mol. The summed E-state index contributed by atoms with van der Waals surface area (Å²) in [5, 5.41) is 21.2. The van der Waals surface area contributed by atoms with Gasteiger partial charge in [0, 0.05) is 24.7 Å². The van der Waals surface area contributed by atoms with Gasteiger partial charge in [-0.1, -0.05) is 0 Å². The first-order valence-corrected chi connectivity index (χ1v) is 7.03. The van der Waals surface area contributed by atoms with Crippen molar-refractivity contribution in [1.82, 2.24) is 4.90 Å². The molecule has 1 aliphatic heterocycles. The van der Waals surface area contributed by atoms with Gasteiger partial charge in [0.1, 0.15) is 11.8 Å². The maximum absolute atomic E-state index is 12.1. The molecular formula is C13H15BrN2O5. The average molecular weight is 359 g/mol. The number of carboxylic acid groups (broad SMARTS) is 1. The van der Waals surface area contributed by atoms with E-state index in [1.54, 1.807) is 18.2 Å². The summed E-state index contributed by atoms with van der Waals surface area (Å²) < 4.78 is 5.86. The molecule has 8 heteroatoms. The number of carboxylic acids is 1. The zero-order valence-corrected chi connectivity index (χ0v) is 12.8. The fourth-order valence-electron chi connectivity index (χ4n) is 2.21. The lowest BCUT2D eigenvalue weighted by Gasteiger charge is -2.21. The van der Waals surface area contributed by atoms with Crippen molar-refractivity contribution < 1.29 is 24.5 Å². The molecule has 0 aromatic heterocycles. The number of aliphatic hydroxyl groups is 1. The summed E-state index contributed by atoms with van der Waals surface area (Å²) >= 11 is 3.30. The molecule has 0 saturated carbocycles. The Morgan fingerprint density at radius 3 is 2.81 bits per heavy atom. The summed E-state index contributed by atoms with van der Waals surface area (Å²) in [6.45, 7) is -0.00351. The van der Waals surface area contributed by atoms with Gasteiger partial charge in [-0.05, 0) is 28.1 Å². The summed E-state index contributed by atoms with van der Waals surface area (Å²) in [7, 11) is 1.50. The Kier molecular flexibility index (Phi) is 4.69. The van der Waals surface area contributed by atoms with E-state index in [9.17, 15) is 14.7 Å². The largest absolute Gasteiger partial charge is 0.495 e. The molecule has 2 atom stereocenters. The maximum atomic E-state index is 12.1. The number of halogens is 1. The highest BCUT2D eigenvalue weighted by atomic mass is 79.9. The zero-order valence-electron chi connectivity index (χ0n) is 11.2. The number of rotatable bonds is 3. The molecule has 1 aromatic rings. The predicted molar refractivity (Wildman–Crippen MR) is 78.5 cm³/mol. The van der Waals surface area contributed by atoms with Crippen molar-refractivity contribution >= 4 is 33.6 Å². The maximum Gasteiger partial charge on any atom is 0.326 e. The number of hydrogen-bond donors (Lipinski definition) is 3. The van der Waals surface area contributed by atoms with Crippen LogP contribution >= 0.6 is 15.9 Å². The standard InChI is InChI=1S/C13H15BrN2O5/c1-21-11-4-7(2-3-9(11)14)15-13(20)16-6-8(17)5-10(16)12(18)19/h2-4,8,10,17H,5-6H2,1H3,(H,15,20)(H,18,19). The minimum absolute atomic E-state index is 0.00351. The van der Waals surface area contributed by atoms with Crippen molar-refractivity contribution in [2.24, 2.45) is 0 Å². The Labute approximate surface area is 129 Å². The first kappa shape index (κ1) is 15.6. The number of hydrogen-bond acceptors (Lipinski definition) is 4. The predicted octanol–water partition coefficient (Wildman–Crippen LogP) is 1.51. The van der Waals surface area contributed by atoms with E-state index in [0.29, 0.717) is 11.4 Å². The van der Waals surface area contributed by atoms with Crippen LogP contribution in [0.5, 0.6) is 5.75 Å². The van der Waals surface area contributed by atoms with Crippen molar-refractivity contribution in [2.45, 2.75) is 18.6 Å². The molecule has 2 unspecified atom stereocenters. The average Bonchev–Trinajstić information content (AvgIpc) is 2.83. The van der Waals surface area contributed by atoms with Crippen LogP contribution in [0.2, 0.25) is 0 Å². The molecule has 3 N–H and O–H groups in total. The van der Waals surface area contributed by atoms with Crippen molar-refractivity contribution in [3.63, 3.8) is 0 Å². The lowest BCUT2D eigenvalue weighted by atomic mass is 10.2. The summed E-state index contributed by atoms with van der Waals surface area (Å²) in [6, 6.07) is 3.40. The first-order chi connectivity index (χ1) is 9.92. The molecule has 21 heavy (non-hydrogen) atoms. The van der Waals surface area contributed by atoms with Gasteiger partial charge >= 0.3 is 12.0 Å². The molecule has 1 saturated heterocycles. The molecule has 1 heterocycles. The summed E-state index contributed by atoms with van der Waals surface area (Å²) in [5.41, 5.74) is 0.477. The van der Waals surface area contributed by atoms with Crippen LogP contribution in [0, 0.1) is 0 Å². The highest BCUT2D eigenvalue weighted by Crippen LogP contribution is 2.28. The van der Waals surface area contributed by atoms with Gasteiger partial charge in [0.05, 0.1) is 17.7 Å². The Hall–Kier alpha value is -1.80. The first-order valence-electron chi connectivity index (χ1n) is 6.24. The number of nitrogens with one attached hydrogen (secondary N) is 1. The van der Waals surface area contributed by atoms with E-state index in [1.165, 1.54) is 7.11 Å². The lowest BCUT2D eigenvalue weighted by Crippen LogP contribution is -2.43. The zero-order chi connectivity index (χ0) is 15.6. The van der Waals surface area contributed by atoms with E-state index in [4.69, 9.17) is 9.84 Å².